The van der Waals surface area contributed by atoms with E-state index in [-0.39, 0.29) is 30.0 Å². The van der Waals surface area contributed by atoms with Crippen molar-refractivity contribution in [1.82, 2.24) is 21.3 Å². The molecule has 4 unspecified atom stereocenters. The lowest BCUT2D eigenvalue weighted by Crippen LogP contribution is -2.58. The third-order valence-corrected chi connectivity index (χ3v) is 4.89. The van der Waals surface area contributed by atoms with Crippen molar-refractivity contribution in [1.29, 1.82) is 0 Å². The average molecular weight is 447 g/mol. The van der Waals surface area contributed by atoms with Gasteiger partial charge in [0.2, 0.25) is 17.7 Å². The lowest BCUT2D eigenvalue weighted by molar-refractivity contribution is -0.147. The second-order valence-electron chi connectivity index (χ2n) is 7.58. The van der Waals surface area contributed by atoms with E-state index in [1.807, 2.05) is 13.8 Å². The highest BCUT2D eigenvalue weighted by molar-refractivity contribution is 7.80. The summed E-state index contributed by atoms with van der Waals surface area (Å²) in [6, 6.07) is -4.10. The molecule has 0 aromatic rings. The van der Waals surface area contributed by atoms with E-state index in [4.69, 9.17) is 10.2 Å². The SMILES string of the molecule is CC(C)CC(NC(=O)C(CS)NC(=O)C1CCCN1)C(=O)NC(CC(=O)O)C(=O)O. The van der Waals surface area contributed by atoms with E-state index >= 15 is 0 Å². The van der Waals surface area contributed by atoms with Gasteiger partial charge in [0.25, 0.3) is 0 Å². The van der Waals surface area contributed by atoms with Crippen LogP contribution in [0.25, 0.3) is 0 Å². The van der Waals surface area contributed by atoms with Crippen molar-refractivity contribution < 1.29 is 34.2 Å². The number of carbonyl (C=O) groups excluding carboxylic acids is 3. The van der Waals surface area contributed by atoms with Crippen molar-refractivity contribution in [2.75, 3.05) is 12.3 Å². The Balaban J connectivity index is 2.81. The summed E-state index contributed by atoms with van der Waals surface area (Å²) in [6.07, 6.45) is 0.903. The molecule has 1 saturated heterocycles. The number of hydrogen-bond donors (Lipinski definition) is 7. The molecule has 4 atom stereocenters. The third-order valence-electron chi connectivity index (χ3n) is 4.53. The van der Waals surface area contributed by atoms with Crippen LogP contribution in [0.2, 0.25) is 0 Å². The largest absolute Gasteiger partial charge is 0.481 e. The van der Waals surface area contributed by atoms with Crippen molar-refractivity contribution in [3.8, 4) is 0 Å². The summed E-state index contributed by atoms with van der Waals surface area (Å²) in [7, 11) is 0. The zero-order chi connectivity index (χ0) is 22.8. The molecule has 1 rings (SSSR count). The van der Waals surface area contributed by atoms with Gasteiger partial charge in [-0.2, -0.15) is 12.6 Å². The lowest BCUT2D eigenvalue weighted by atomic mass is 10.0. The van der Waals surface area contributed by atoms with E-state index in [0.717, 1.165) is 6.42 Å². The van der Waals surface area contributed by atoms with E-state index < -0.39 is 48.3 Å². The van der Waals surface area contributed by atoms with Gasteiger partial charge in [-0.1, -0.05) is 13.8 Å². The van der Waals surface area contributed by atoms with Gasteiger partial charge in [0, 0.05) is 5.75 Å². The monoisotopic (exact) mass is 446 g/mol. The van der Waals surface area contributed by atoms with Crippen molar-refractivity contribution in [3.05, 3.63) is 0 Å². The number of rotatable bonds is 12. The maximum atomic E-state index is 12.6. The van der Waals surface area contributed by atoms with Gasteiger partial charge in [-0.05, 0) is 31.7 Å². The molecule has 1 aliphatic rings. The Morgan fingerprint density at radius 2 is 1.60 bits per heavy atom. The molecule has 6 N–H and O–H groups in total. The number of carbonyl (C=O) groups is 5. The first-order valence-electron chi connectivity index (χ1n) is 9.75. The van der Waals surface area contributed by atoms with Crippen LogP contribution in [-0.4, -0.2) is 76.3 Å². The van der Waals surface area contributed by atoms with Crippen LogP contribution >= 0.6 is 12.6 Å². The highest BCUT2D eigenvalue weighted by Crippen LogP contribution is 2.08. The second kappa shape index (κ2) is 12.4. The van der Waals surface area contributed by atoms with Gasteiger partial charge in [-0.15, -0.1) is 0 Å². The van der Waals surface area contributed by atoms with Crippen LogP contribution in [-0.2, 0) is 24.0 Å². The molecule has 11 nitrogen and oxygen atoms in total. The van der Waals surface area contributed by atoms with Crippen LogP contribution in [0.3, 0.4) is 0 Å². The molecular formula is C18H30N4O7S. The number of carboxylic acids is 2. The quantitative estimate of drug-likeness (QED) is 0.182. The van der Waals surface area contributed by atoms with Crippen LogP contribution in [0, 0.1) is 5.92 Å². The highest BCUT2D eigenvalue weighted by atomic mass is 32.1. The Morgan fingerprint density at radius 3 is 2.07 bits per heavy atom. The summed E-state index contributed by atoms with van der Waals surface area (Å²) in [5.74, 6) is -4.70. The van der Waals surface area contributed by atoms with E-state index in [9.17, 15) is 24.0 Å². The van der Waals surface area contributed by atoms with E-state index in [2.05, 4.69) is 33.9 Å². The molecule has 170 valence electrons. The van der Waals surface area contributed by atoms with Crippen LogP contribution in [0.5, 0.6) is 0 Å². The number of amides is 3. The first-order valence-corrected chi connectivity index (χ1v) is 10.4. The summed E-state index contributed by atoms with van der Waals surface area (Å²) in [4.78, 5) is 59.5. The summed E-state index contributed by atoms with van der Waals surface area (Å²) in [6.45, 7) is 4.33. The number of aliphatic carboxylic acids is 2. The molecule has 0 spiro atoms. The average Bonchev–Trinajstić information content (AvgIpc) is 3.18. The molecule has 0 bridgehead atoms. The van der Waals surface area contributed by atoms with Gasteiger partial charge in [0.15, 0.2) is 0 Å². The molecule has 1 heterocycles. The van der Waals surface area contributed by atoms with Crippen LogP contribution in [0.1, 0.15) is 39.5 Å². The Hall–Kier alpha value is -2.34. The molecule has 1 aliphatic heterocycles. The van der Waals surface area contributed by atoms with Crippen LogP contribution in [0.15, 0.2) is 0 Å². The molecule has 1 fully saturated rings. The molecule has 0 aliphatic carbocycles. The van der Waals surface area contributed by atoms with Crippen LogP contribution in [0.4, 0.5) is 0 Å². The maximum Gasteiger partial charge on any atom is 0.326 e. The zero-order valence-electron chi connectivity index (χ0n) is 17.0. The number of hydrogen-bond acceptors (Lipinski definition) is 7. The molecule has 3 amide bonds. The first-order chi connectivity index (χ1) is 14.0. The predicted octanol–water partition coefficient (Wildman–Crippen LogP) is -1.27. The van der Waals surface area contributed by atoms with Crippen molar-refractivity contribution in [2.45, 2.75) is 63.7 Å². The summed E-state index contributed by atoms with van der Waals surface area (Å²) in [5.41, 5.74) is 0. The minimum Gasteiger partial charge on any atom is -0.481 e. The fraction of sp³-hybridized carbons (Fsp3) is 0.722. The van der Waals surface area contributed by atoms with Gasteiger partial charge >= 0.3 is 11.9 Å². The van der Waals surface area contributed by atoms with Crippen molar-refractivity contribution in [2.24, 2.45) is 5.92 Å². The Kier molecular flexibility index (Phi) is 10.6. The second-order valence-corrected chi connectivity index (χ2v) is 7.95. The minimum atomic E-state index is -1.63. The Morgan fingerprint density at radius 1 is 1.00 bits per heavy atom. The summed E-state index contributed by atoms with van der Waals surface area (Å²) < 4.78 is 0. The van der Waals surface area contributed by atoms with Crippen molar-refractivity contribution in [3.63, 3.8) is 0 Å². The normalized spacial score (nSPS) is 18.9. The van der Waals surface area contributed by atoms with Gasteiger partial charge in [0.05, 0.1) is 12.5 Å². The summed E-state index contributed by atoms with van der Waals surface area (Å²) >= 11 is 4.10. The Labute approximate surface area is 180 Å². The van der Waals surface area contributed by atoms with E-state index in [1.54, 1.807) is 0 Å². The van der Waals surface area contributed by atoms with Gasteiger partial charge in [-0.3, -0.25) is 19.2 Å². The maximum absolute atomic E-state index is 12.6. The first kappa shape index (κ1) is 25.7. The molecule has 0 saturated carbocycles. The Bertz CT molecular complexity index is 652. The van der Waals surface area contributed by atoms with Crippen molar-refractivity contribution >= 4 is 42.3 Å². The predicted molar refractivity (Wildman–Crippen MR) is 110 cm³/mol. The molecule has 0 aromatic heterocycles. The molecule has 30 heavy (non-hydrogen) atoms. The lowest BCUT2D eigenvalue weighted by Gasteiger charge is -2.25. The molecule has 0 radical (unpaired) electrons. The topological polar surface area (TPSA) is 174 Å². The van der Waals surface area contributed by atoms with Gasteiger partial charge < -0.3 is 31.5 Å². The van der Waals surface area contributed by atoms with E-state index in [1.165, 1.54) is 0 Å². The minimum absolute atomic E-state index is 0.00290. The molecular weight excluding hydrogens is 416 g/mol. The number of thiol groups is 1. The third kappa shape index (κ3) is 8.57. The van der Waals surface area contributed by atoms with Gasteiger partial charge in [-0.25, -0.2) is 4.79 Å². The fourth-order valence-electron chi connectivity index (χ4n) is 3.00. The number of nitrogens with one attached hydrogen (secondary N) is 4. The van der Waals surface area contributed by atoms with Gasteiger partial charge in [0.1, 0.15) is 18.1 Å². The molecule has 0 aromatic carbocycles. The molecule has 12 heteroatoms. The fourth-order valence-corrected chi connectivity index (χ4v) is 3.25. The summed E-state index contributed by atoms with van der Waals surface area (Å²) in [5, 5.41) is 28.2. The van der Waals surface area contributed by atoms with E-state index in [0.29, 0.717) is 13.0 Å². The zero-order valence-corrected chi connectivity index (χ0v) is 17.9. The highest BCUT2D eigenvalue weighted by Gasteiger charge is 2.31. The standard InChI is InChI=1S/C18H30N4O7S/c1-9(2)6-11(16(26)21-12(18(28)29)7-14(23)24)20-17(27)13(8-30)22-15(25)10-4-3-5-19-10/h9-13,19,30H,3-8H2,1-2H3,(H,20,27)(H,21,26)(H,22,25)(H,23,24)(H,28,29). The smallest absolute Gasteiger partial charge is 0.326 e. The van der Waals surface area contributed by atoms with Crippen LogP contribution < -0.4 is 21.3 Å². The number of carboxylic acid groups (broad SMARTS) is 2.